The molecule has 0 radical (unpaired) electrons. The summed E-state index contributed by atoms with van der Waals surface area (Å²) in [6.45, 7) is 5.13. The third-order valence-electron chi connectivity index (χ3n) is 7.18. The molecule has 0 aliphatic heterocycles. The molecular weight excluding hydrogens is 597 g/mol. The van der Waals surface area contributed by atoms with E-state index in [-0.39, 0.29) is 17.6 Å². The topological polar surface area (TPSA) is 146 Å². The first-order valence-electron chi connectivity index (χ1n) is 13.0. The number of halogens is 4. The van der Waals surface area contributed by atoms with Crippen LogP contribution >= 0.6 is 22.9 Å². The maximum Gasteiger partial charge on any atom is 0.573 e. The average Bonchev–Trinajstić information content (AvgIpc) is 3.46. The minimum absolute atomic E-state index is 0.198. The van der Waals surface area contributed by atoms with E-state index >= 15 is 0 Å². The van der Waals surface area contributed by atoms with Crippen molar-refractivity contribution < 1.29 is 33.2 Å². The van der Waals surface area contributed by atoms with Crippen molar-refractivity contribution in [2.24, 2.45) is 5.92 Å². The summed E-state index contributed by atoms with van der Waals surface area (Å²) < 4.78 is 42.8. The molecule has 0 saturated heterocycles. The van der Waals surface area contributed by atoms with E-state index in [9.17, 15) is 28.5 Å². The fraction of sp³-hybridized carbons (Fsp3) is 0.407. The zero-order chi connectivity index (χ0) is 30.3. The van der Waals surface area contributed by atoms with Crippen LogP contribution in [0.2, 0.25) is 5.02 Å². The van der Waals surface area contributed by atoms with Crippen LogP contribution in [0.3, 0.4) is 0 Å². The Morgan fingerprint density at radius 1 is 1.12 bits per heavy atom. The first kappa shape index (κ1) is 30.2. The summed E-state index contributed by atoms with van der Waals surface area (Å²) in [6.07, 6.45) is -5.13. The summed E-state index contributed by atoms with van der Waals surface area (Å²) in [7, 11) is 0. The van der Waals surface area contributed by atoms with Crippen molar-refractivity contribution in [3.8, 4) is 16.3 Å². The molecule has 0 amide bonds. The Labute approximate surface area is 247 Å². The highest BCUT2D eigenvalue weighted by Gasteiger charge is 2.41. The zero-order valence-corrected chi connectivity index (χ0v) is 24.2. The van der Waals surface area contributed by atoms with Crippen LogP contribution in [0, 0.1) is 19.8 Å². The van der Waals surface area contributed by atoms with Crippen molar-refractivity contribution in [3.63, 3.8) is 0 Å². The standard InChI is InChI=1S/C27H28ClF3N6O4S/c1-11(14-4-5-18(16(28)8-14)41-27(29,30)31)33-26-34-12(2)20(25-36-21-13(3)32-7-6-19(21)42-25)24(37-26)35-17-9-15(10-38)22(39)23(17)40/h4-8,11,15,17,22-23,38-40H,9-10H2,1-3H3,(H2,33,34,35,37)/t11-,15-,17-,22-,23+/m1/s1. The molecule has 5 atom stereocenters. The average molecular weight is 625 g/mol. The lowest BCUT2D eigenvalue weighted by Crippen LogP contribution is -2.35. The number of aliphatic hydroxyl groups is 3. The molecule has 224 valence electrons. The minimum atomic E-state index is -4.87. The Hall–Kier alpha value is -3.30. The van der Waals surface area contributed by atoms with Gasteiger partial charge in [0.1, 0.15) is 28.2 Å². The number of aromatic nitrogens is 4. The zero-order valence-electron chi connectivity index (χ0n) is 22.6. The van der Waals surface area contributed by atoms with Crippen molar-refractivity contribution >= 4 is 44.9 Å². The molecule has 1 aliphatic carbocycles. The Morgan fingerprint density at radius 2 is 1.88 bits per heavy atom. The van der Waals surface area contributed by atoms with Crippen LogP contribution in [0.25, 0.3) is 20.8 Å². The van der Waals surface area contributed by atoms with Crippen molar-refractivity contribution in [2.75, 3.05) is 17.2 Å². The van der Waals surface area contributed by atoms with E-state index in [1.54, 1.807) is 20.0 Å². The van der Waals surface area contributed by atoms with E-state index in [1.165, 1.54) is 23.5 Å². The number of fused-ring (bicyclic) bond motifs is 1. The highest BCUT2D eigenvalue weighted by Crippen LogP contribution is 2.39. The van der Waals surface area contributed by atoms with Crippen LogP contribution in [0.4, 0.5) is 24.9 Å². The largest absolute Gasteiger partial charge is 0.573 e. The first-order chi connectivity index (χ1) is 19.8. The number of aryl methyl sites for hydroxylation is 2. The molecule has 10 nitrogen and oxygen atoms in total. The van der Waals surface area contributed by atoms with E-state index in [0.717, 1.165) is 22.0 Å². The fourth-order valence-corrected chi connectivity index (χ4v) is 6.32. The number of ether oxygens (including phenoxy) is 1. The third-order valence-corrected chi connectivity index (χ3v) is 8.51. The van der Waals surface area contributed by atoms with Crippen LogP contribution in [0.15, 0.2) is 30.5 Å². The summed E-state index contributed by atoms with van der Waals surface area (Å²) in [4.78, 5) is 18.4. The SMILES string of the molecule is Cc1nc(N[C@H](C)c2ccc(OC(F)(F)F)c(Cl)c2)nc(N[C@@H]2C[C@H](CO)[C@@H](O)[C@H]2O)c1-c1nc2c(C)nccc2s1. The van der Waals surface area contributed by atoms with E-state index in [4.69, 9.17) is 16.6 Å². The van der Waals surface area contributed by atoms with Crippen molar-refractivity contribution in [2.45, 2.75) is 57.8 Å². The normalized spacial score (nSPS) is 21.5. The van der Waals surface area contributed by atoms with Crippen LogP contribution in [-0.2, 0) is 0 Å². The molecule has 15 heteroatoms. The molecule has 5 rings (SSSR count). The lowest BCUT2D eigenvalue weighted by molar-refractivity contribution is -0.274. The van der Waals surface area contributed by atoms with E-state index in [2.05, 4.69) is 30.3 Å². The number of alkyl halides is 3. The number of pyridine rings is 1. The van der Waals surface area contributed by atoms with E-state index < -0.39 is 42.3 Å². The second-order valence-corrected chi connectivity index (χ2v) is 11.6. The number of nitrogens with one attached hydrogen (secondary N) is 2. The smallest absolute Gasteiger partial charge is 0.404 e. The molecule has 3 aromatic heterocycles. The minimum Gasteiger partial charge on any atom is -0.404 e. The Balaban J connectivity index is 1.50. The predicted octanol–water partition coefficient (Wildman–Crippen LogP) is 5.00. The molecule has 0 bridgehead atoms. The van der Waals surface area contributed by atoms with Crippen LogP contribution in [-0.4, -0.2) is 66.5 Å². The number of anilines is 2. The van der Waals surface area contributed by atoms with Gasteiger partial charge in [0.2, 0.25) is 5.95 Å². The highest BCUT2D eigenvalue weighted by molar-refractivity contribution is 7.21. The Morgan fingerprint density at radius 3 is 2.52 bits per heavy atom. The van der Waals surface area contributed by atoms with Crippen molar-refractivity contribution in [1.82, 2.24) is 19.9 Å². The van der Waals surface area contributed by atoms with Gasteiger partial charge in [-0.3, -0.25) is 4.98 Å². The number of thiazole rings is 1. The number of benzene rings is 1. The van der Waals surface area contributed by atoms with Gasteiger partial charge in [-0.25, -0.2) is 9.97 Å². The van der Waals surface area contributed by atoms with Gasteiger partial charge in [0.25, 0.3) is 0 Å². The van der Waals surface area contributed by atoms with Gasteiger partial charge in [-0.15, -0.1) is 24.5 Å². The Bertz CT molecular complexity index is 1610. The summed E-state index contributed by atoms with van der Waals surface area (Å²) >= 11 is 7.47. The van der Waals surface area contributed by atoms with Gasteiger partial charge < -0.3 is 30.7 Å². The number of aliphatic hydroxyl groups excluding tert-OH is 3. The van der Waals surface area contributed by atoms with Gasteiger partial charge in [-0.05, 0) is 51.0 Å². The van der Waals surface area contributed by atoms with Gasteiger partial charge in [0.15, 0.2) is 0 Å². The van der Waals surface area contributed by atoms with Gasteiger partial charge in [-0.1, -0.05) is 17.7 Å². The lowest BCUT2D eigenvalue weighted by Gasteiger charge is -2.22. The van der Waals surface area contributed by atoms with Crippen LogP contribution in [0.5, 0.6) is 5.75 Å². The van der Waals surface area contributed by atoms with Crippen LogP contribution in [0.1, 0.15) is 36.3 Å². The second kappa shape index (κ2) is 11.8. The molecule has 3 heterocycles. The molecule has 1 aromatic carbocycles. The molecule has 0 spiro atoms. The third kappa shape index (κ3) is 6.22. The van der Waals surface area contributed by atoms with Crippen molar-refractivity contribution in [1.29, 1.82) is 0 Å². The molecule has 1 fully saturated rings. The Kier molecular flexibility index (Phi) is 8.45. The van der Waals surface area contributed by atoms with E-state index in [1.807, 2.05) is 13.0 Å². The number of nitrogens with zero attached hydrogens (tertiary/aromatic N) is 4. The summed E-state index contributed by atoms with van der Waals surface area (Å²) in [5.74, 6) is -0.470. The molecule has 0 unspecified atom stereocenters. The van der Waals surface area contributed by atoms with Gasteiger partial charge >= 0.3 is 6.36 Å². The highest BCUT2D eigenvalue weighted by atomic mass is 35.5. The first-order valence-corrected chi connectivity index (χ1v) is 14.2. The summed E-state index contributed by atoms with van der Waals surface area (Å²) in [5.41, 5.74) is 3.22. The molecule has 1 saturated carbocycles. The second-order valence-electron chi connectivity index (χ2n) is 10.1. The van der Waals surface area contributed by atoms with Gasteiger partial charge in [-0.2, -0.15) is 4.98 Å². The molecule has 42 heavy (non-hydrogen) atoms. The number of rotatable bonds is 8. The van der Waals surface area contributed by atoms with Gasteiger partial charge in [0.05, 0.1) is 44.9 Å². The summed E-state index contributed by atoms with van der Waals surface area (Å²) in [5, 5.41) is 37.5. The predicted molar refractivity (Wildman–Crippen MR) is 153 cm³/mol. The number of hydrogen-bond acceptors (Lipinski definition) is 11. The van der Waals surface area contributed by atoms with Crippen LogP contribution < -0.4 is 15.4 Å². The molecular formula is C27H28ClF3N6O4S. The maximum atomic E-state index is 12.6. The monoisotopic (exact) mass is 624 g/mol. The number of hydrogen-bond donors (Lipinski definition) is 5. The lowest BCUT2D eigenvalue weighted by atomic mass is 10.1. The van der Waals surface area contributed by atoms with Gasteiger partial charge in [0, 0.05) is 18.7 Å². The molecule has 4 aromatic rings. The molecule has 1 aliphatic rings. The van der Waals surface area contributed by atoms with E-state index in [0.29, 0.717) is 34.1 Å². The molecule has 5 N–H and O–H groups in total. The quantitative estimate of drug-likeness (QED) is 0.181. The maximum absolute atomic E-state index is 12.6. The summed E-state index contributed by atoms with van der Waals surface area (Å²) in [6, 6.07) is 4.73. The fourth-order valence-electron chi connectivity index (χ4n) is 4.98. The van der Waals surface area contributed by atoms with Crippen molar-refractivity contribution in [3.05, 3.63) is 52.4 Å².